The van der Waals surface area contributed by atoms with E-state index in [0.29, 0.717) is 5.92 Å². The first kappa shape index (κ1) is 20.0. The highest BCUT2D eigenvalue weighted by Crippen LogP contribution is 2.20. The topological polar surface area (TPSA) is 20.2 Å². The zero-order chi connectivity index (χ0) is 15.2. The van der Waals surface area contributed by atoms with Gasteiger partial charge in [0, 0.05) is 0 Å². The monoisotopic (exact) mass is 284 g/mol. The third-order valence-electron chi connectivity index (χ3n) is 4.73. The standard InChI is InChI=1S/C19H40O/c1-5-6-7-8-9-10-11-12-14-17(2)15-13-16-18(3)19(4)20/h17-20H,5-16H2,1-4H3. The summed E-state index contributed by atoms with van der Waals surface area (Å²) >= 11 is 0. The van der Waals surface area contributed by atoms with Crippen LogP contribution in [0.1, 0.15) is 105 Å². The third kappa shape index (κ3) is 13.0. The molecule has 0 saturated heterocycles. The van der Waals surface area contributed by atoms with Gasteiger partial charge in [-0.25, -0.2) is 0 Å². The fourth-order valence-corrected chi connectivity index (χ4v) is 2.80. The Balaban J connectivity index is 3.26. The Hall–Kier alpha value is -0.0400. The Labute approximate surface area is 128 Å². The van der Waals surface area contributed by atoms with Gasteiger partial charge < -0.3 is 5.11 Å². The third-order valence-corrected chi connectivity index (χ3v) is 4.73. The molecule has 0 heterocycles. The molecular formula is C19H40O. The molecule has 3 unspecified atom stereocenters. The van der Waals surface area contributed by atoms with E-state index in [1.165, 1.54) is 77.0 Å². The maximum atomic E-state index is 9.46. The van der Waals surface area contributed by atoms with Crippen LogP contribution in [0.2, 0.25) is 0 Å². The van der Waals surface area contributed by atoms with Crippen molar-refractivity contribution in [1.82, 2.24) is 0 Å². The van der Waals surface area contributed by atoms with E-state index in [4.69, 9.17) is 0 Å². The van der Waals surface area contributed by atoms with Crippen LogP contribution in [-0.4, -0.2) is 11.2 Å². The second kappa shape index (κ2) is 13.9. The maximum absolute atomic E-state index is 9.46. The van der Waals surface area contributed by atoms with Crippen LogP contribution in [0.25, 0.3) is 0 Å². The Morgan fingerprint density at radius 2 is 1.15 bits per heavy atom. The van der Waals surface area contributed by atoms with Gasteiger partial charge in [-0.2, -0.15) is 0 Å². The first-order valence-corrected chi connectivity index (χ1v) is 9.26. The summed E-state index contributed by atoms with van der Waals surface area (Å²) in [4.78, 5) is 0. The number of rotatable bonds is 14. The summed E-state index contributed by atoms with van der Waals surface area (Å²) in [5.41, 5.74) is 0. The predicted octanol–water partition coefficient (Wildman–Crippen LogP) is 6.34. The molecule has 0 aliphatic carbocycles. The summed E-state index contributed by atoms with van der Waals surface area (Å²) in [5, 5.41) is 9.46. The summed E-state index contributed by atoms with van der Waals surface area (Å²) in [5.74, 6) is 1.33. The van der Waals surface area contributed by atoms with Gasteiger partial charge in [-0.05, 0) is 25.2 Å². The molecule has 0 aliphatic rings. The molecule has 0 aromatic carbocycles. The first-order valence-electron chi connectivity index (χ1n) is 9.26. The Kier molecular flexibility index (Phi) is 13.9. The minimum Gasteiger partial charge on any atom is -0.393 e. The molecular weight excluding hydrogens is 244 g/mol. The Morgan fingerprint density at radius 1 is 0.650 bits per heavy atom. The molecule has 0 amide bonds. The average Bonchev–Trinajstić information content (AvgIpc) is 2.41. The van der Waals surface area contributed by atoms with Gasteiger partial charge >= 0.3 is 0 Å². The largest absolute Gasteiger partial charge is 0.393 e. The van der Waals surface area contributed by atoms with Crippen molar-refractivity contribution in [3.05, 3.63) is 0 Å². The van der Waals surface area contributed by atoms with E-state index in [-0.39, 0.29) is 6.10 Å². The number of unbranched alkanes of at least 4 members (excludes halogenated alkanes) is 7. The molecule has 1 heteroatoms. The van der Waals surface area contributed by atoms with Crippen LogP contribution in [0.4, 0.5) is 0 Å². The average molecular weight is 285 g/mol. The van der Waals surface area contributed by atoms with Crippen molar-refractivity contribution in [1.29, 1.82) is 0 Å². The summed E-state index contributed by atoms with van der Waals surface area (Å²) in [6, 6.07) is 0. The molecule has 0 aromatic rings. The van der Waals surface area contributed by atoms with Crippen molar-refractivity contribution in [2.75, 3.05) is 0 Å². The van der Waals surface area contributed by atoms with E-state index in [1.54, 1.807) is 0 Å². The van der Waals surface area contributed by atoms with Crippen molar-refractivity contribution in [3.63, 3.8) is 0 Å². The van der Waals surface area contributed by atoms with Gasteiger partial charge in [0.15, 0.2) is 0 Å². The molecule has 0 radical (unpaired) electrons. The normalized spacial score (nSPS) is 16.1. The summed E-state index contributed by atoms with van der Waals surface area (Å²) in [6.07, 6.45) is 16.5. The first-order chi connectivity index (χ1) is 9.57. The van der Waals surface area contributed by atoms with E-state index < -0.39 is 0 Å². The second-order valence-electron chi connectivity index (χ2n) is 7.02. The molecule has 20 heavy (non-hydrogen) atoms. The molecule has 0 fully saturated rings. The molecule has 122 valence electrons. The second-order valence-corrected chi connectivity index (χ2v) is 7.02. The number of aliphatic hydroxyl groups excluding tert-OH is 1. The Morgan fingerprint density at radius 3 is 1.70 bits per heavy atom. The van der Waals surface area contributed by atoms with Gasteiger partial charge in [0.2, 0.25) is 0 Å². The smallest absolute Gasteiger partial charge is 0.0537 e. The van der Waals surface area contributed by atoms with Gasteiger partial charge in [0.05, 0.1) is 6.10 Å². The van der Waals surface area contributed by atoms with Crippen LogP contribution in [0.3, 0.4) is 0 Å². The van der Waals surface area contributed by atoms with E-state index in [1.807, 2.05) is 6.92 Å². The zero-order valence-electron chi connectivity index (χ0n) is 14.7. The fraction of sp³-hybridized carbons (Fsp3) is 1.00. The van der Waals surface area contributed by atoms with Crippen molar-refractivity contribution >= 4 is 0 Å². The highest BCUT2D eigenvalue weighted by molar-refractivity contribution is 4.61. The van der Waals surface area contributed by atoms with E-state index >= 15 is 0 Å². The van der Waals surface area contributed by atoms with Crippen molar-refractivity contribution in [3.8, 4) is 0 Å². The quantitative estimate of drug-likeness (QED) is 0.369. The van der Waals surface area contributed by atoms with Crippen molar-refractivity contribution in [2.24, 2.45) is 11.8 Å². The fourth-order valence-electron chi connectivity index (χ4n) is 2.80. The van der Waals surface area contributed by atoms with Crippen LogP contribution in [0.15, 0.2) is 0 Å². The minimum atomic E-state index is -0.141. The van der Waals surface area contributed by atoms with Crippen LogP contribution in [-0.2, 0) is 0 Å². The van der Waals surface area contributed by atoms with Crippen LogP contribution in [0, 0.1) is 11.8 Å². The molecule has 0 rings (SSSR count). The lowest BCUT2D eigenvalue weighted by molar-refractivity contribution is 0.127. The van der Waals surface area contributed by atoms with Crippen LogP contribution < -0.4 is 0 Å². The maximum Gasteiger partial charge on any atom is 0.0537 e. The molecule has 0 aliphatic heterocycles. The van der Waals surface area contributed by atoms with Crippen LogP contribution >= 0.6 is 0 Å². The summed E-state index contributed by atoms with van der Waals surface area (Å²) in [6.45, 7) is 8.75. The van der Waals surface area contributed by atoms with Gasteiger partial charge in [-0.1, -0.05) is 91.4 Å². The molecule has 3 atom stereocenters. The lowest BCUT2D eigenvalue weighted by Crippen LogP contribution is -2.13. The SMILES string of the molecule is CCCCCCCCCCC(C)CCCC(C)C(C)O. The molecule has 0 bridgehead atoms. The van der Waals surface area contributed by atoms with E-state index in [0.717, 1.165) is 5.92 Å². The zero-order valence-corrected chi connectivity index (χ0v) is 14.7. The van der Waals surface area contributed by atoms with E-state index in [9.17, 15) is 5.11 Å². The molecule has 1 N–H and O–H groups in total. The highest BCUT2D eigenvalue weighted by Gasteiger charge is 2.09. The predicted molar refractivity (Wildman–Crippen MR) is 91.1 cm³/mol. The minimum absolute atomic E-state index is 0.141. The van der Waals surface area contributed by atoms with Gasteiger partial charge in [0.25, 0.3) is 0 Å². The lowest BCUT2D eigenvalue weighted by Gasteiger charge is -2.16. The molecule has 0 spiro atoms. The molecule has 1 nitrogen and oxygen atoms in total. The lowest BCUT2D eigenvalue weighted by atomic mass is 9.93. The number of hydrogen-bond donors (Lipinski definition) is 1. The van der Waals surface area contributed by atoms with Crippen molar-refractivity contribution < 1.29 is 5.11 Å². The molecule has 0 aromatic heterocycles. The highest BCUT2D eigenvalue weighted by atomic mass is 16.3. The number of aliphatic hydroxyl groups is 1. The molecule has 0 saturated carbocycles. The van der Waals surface area contributed by atoms with Gasteiger partial charge in [0.1, 0.15) is 0 Å². The van der Waals surface area contributed by atoms with Gasteiger partial charge in [-0.15, -0.1) is 0 Å². The van der Waals surface area contributed by atoms with Gasteiger partial charge in [-0.3, -0.25) is 0 Å². The van der Waals surface area contributed by atoms with Crippen molar-refractivity contribution in [2.45, 2.75) is 111 Å². The van der Waals surface area contributed by atoms with E-state index in [2.05, 4.69) is 20.8 Å². The summed E-state index contributed by atoms with van der Waals surface area (Å²) in [7, 11) is 0. The number of hydrogen-bond acceptors (Lipinski definition) is 1. The summed E-state index contributed by atoms with van der Waals surface area (Å²) < 4.78 is 0. The Bertz CT molecular complexity index is 188. The van der Waals surface area contributed by atoms with Crippen LogP contribution in [0.5, 0.6) is 0 Å².